The lowest BCUT2D eigenvalue weighted by atomic mass is 10.1. The van der Waals surface area contributed by atoms with Gasteiger partial charge in [-0.3, -0.25) is 4.79 Å². The number of carbonyl (C=O) groups excluding carboxylic acids is 1. The first kappa shape index (κ1) is 17.6. The number of carbonyl (C=O) groups is 1. The topological polar surface area (TPSA) is 29.5 Å². The van der Waals surface area contributed by atoms with Gasteiger partial charge in [0.25, 0.3) is 5.91 Å². The number of ether oxygens (including phenoxy) is 1. The van der Waals surface area contributed by atoms with Crippen LogP contribution in [0.4, 0.5) is 13.2 Å². The summed E-state index contributed by atoms with van der Waals surface area (Å²) in [6.07, 6.45) is 0. The van der Waals surface area contributed by atoms with E-state index in [-0.39, 0.29) is 11.7 Å². The quantitative estimate of drug-likeness (QED) is 0.656. The Bertz CT molecular complexity index is 692. The van der Waals surface area contributed by atoms with Crippen molar-refractivity contribution in [3.63, 3.8) is 0 Å². The second-order valence-corrected chi connectivity index (χ2v) is 5.97. The highest BCUT2D eigenvalue weighted by Crippen LogP contribution is 2.18. The molecular weight excluding hydrogens is 422 g/mol. The number of hydrogen-bond acceptors (Lipinski definition) is 2. The van der Waals surface area contributed by atoms with Crippen molar-refractivity contribution in [3.05, 3.63) is 63.0 Å². The van der Waals surface area contributed by atoms with Gasteiger partial charge >= 0.3 is 6.61 Å². The van der Waals surface area contributed by atoms with E-state index in [1.807, 2.05) is 22.6 Å². The van der Waals surface area contributed by atoms with Gasteiger partial charge in [-0.05, 0) is 58.5 Å². The Kier molecular flexibility index (Phi) is 5.86. The number of halogens is 4. The number of nitrogens with zero attached hydrogens (tertiary/aromatic N) is 1. The Morgan fingerprint density at radius 2 is 1.87 bits per heavy atom. The van der Waals surface area contributed by atoms with Crippen molar-refractivity contribution in [1.29, 1.82) is 0 Å². The van der Waals surface area contributed by atoms with Crippen LogP contribution in [-0.2, 0) is 6.54 Å². The molecule has 0 heterocycles. The summed E-state index contributed by atoms with van der Waals surface area (Å²) in [6, 6.07) is 10.0. The molecule has 0 fully saturated rings. The Morgan fingerprint density at radius 3 is 2.43 bits per heavy atom. The van der Waals surface area contributed by atoms with Crippen LogP contribution in [0.15, 0.2) is 42.5 Å². The van der Waals surface area contributed by atoms with Gasteiger partial charge in [-0.15, -0.1) is 0 Å². The van der Waals surface area contributed by atoms with Gasteiger partial charge in [0.15, 0.2) is 0 Å². The zero-order valence-electron chi connectivity index (χ0n) is 12.1. The summed E-state index contributed by atoms with van der Waals surface area (Å²) in [6.45, 7) is -2.58. The Balaban J connectivity index is 2.06. The SMILES string of the molecule is CN(Cc1ccc(OC(F)F)cc1)C(=O)c1ccc(F)cc1I. The summed E-state index contributed by atoms with van der Waals surface area (Å²) in [7, 11) is 1.62. The van der Waals surface area contributed by atoms with E-state index in [4.69, 9.17) is 0 Å². The minimum atomic E-state index is -2.87. The number of amides is 1. The van der Waals surface area contributed by atoms with Gasteiger partial charge in [0.2, 0.25) is 0 Å². The van der Waals surface area contributed by atoms with Gasteiger partial charge in [0.05, 0.1) is 5.56 Å². The molecule has 7 heteroatoms. The lowest BCUT2D eigenvalue weighted by Gasteiger charge is -2.18. The number of hydrogen-bond donors (Lipinski definition) is 0. The van der Waals surface area contributed by atoms with E-state index in [0.29, 0.717) is 15.7 Å². The molecule has 0 atom stereocenters. The van der Waals surface area contributed by atoms with Crippen LogP contribution in [0.2, 0.25) is 0 Å². The minimum Gasteiger partial charge on any atom is -0.435 e. The third kappa shape index (κ3) is 4.85. The third-order valence-electron chi connectivity index (χ3n) is 3.08. The second kappa shape index (κ2) is 7.67. The first-order valence-electron chi connectivity index (χ1n) is 6.61. The maximum Gasteiger partial charge on any atom is 0.387 e. The average molecular weight is 435 g/mol. The van der Waals surface area contributed by atoms with Crippen LogP contribution in [0.25, 0.3) is 0 Å². The molecule has 3 nitrogen and oxygen atoms in total. The first-order valence-corrected chi connectivity index (χ1v) is 7.69. The van der Waals surface area contributed by atoms with Crippen LogP contribution >= 0.6 is 22.6 Å². The number of rotatable bonds is 5. The van der Waals surface area contributed by atoms with E-state index in [9.17, 15) is 18.0 Å². The van der Waals surface area contributed by atoms with Gasteiger partial charge in [0.1, 0.15) is 11.6 Å². The van der Waals surface area contributed by atoms with E-state index in [1.165, 1.54) is 35.2 Å². The highest BCUT2D eigenvalue weighted by Gasteiger charge is 2.15. The normalized spacial score (nSPS) is 10.7. The maximum atomic E-state index is 13.1. The maximum absolute atomic E-state index is 13.1. The summed E-state index contributed by atoms with van der Waals surface area (Å²) in [4.78, 5) is 13.8. The predicted octanol–water partition coefficient (Wildman–Crippen LogP) is 4.30. The standard InChI is InChI=1S/C16H13F3INO2/c1-21(15(22)13-7-4-11(17)8-14(13)20)9-10-2-5-12(6-3-10)23-16(18)19/h2-8,16H,9H2,1H3. The largest absolute Gasteiger partial charge is 0.435 e. The van der Waals surface area contributed by atoms with Crippen molar-refractivity contribution in [1.82, 2.24) is 4.90 Å². The molecule has 0 radical (unpaired) electrons. The summed E-state index contributed by atoms with van der Waals surface area (Å²) in [5, 5.41) is 0. The van der Waals surface area contributed by atoms with Crippen LogP contribution in [0.1, 0.15) is 15.9 Å². The highest BCUT2D eigenvalue weighted by atomic mass is 127. The summed E-state index contributed by atoms with van der Waals surface area (Å²) in [5.74, 6) is -0.587. The van der Waals surface area contributed by atoms with Crippen molar-refractivity contribution in [2.24, 2.45) is 0 Å². The fraction of sp³-hybridized carbons (Fsp3) is 0.188. The molecule has 0 saturated carbocycles. The molecule has 1 amide bonds. The molecule has 2 rings (SSSR count). The van der Waals surface area contributed by atoms with Crippen LogP contribution in [0.5, 0.6) is 5.75 Å². The fourth-order valence-electron chi connectivity index (χ4n) is 1.99. The molecule has 2 aromatic rings. The number of benzene rings is 2. The molecule has 0 aliphatic heterocycles. The molecule has 0 aliphatic carbocycles. The zero-order valence-corrected chi connectivity index (χ0v) is 14.3. The monoisotopic (exact) mass is 435 g/mol. The Labute approximate surface area is 145 Å². The smallest absolute Gasteiger partial charge is 0.387 e. The van der Waals surface area contributed by atoms with Crippen LogP contribution in [0.3, 0.4) is 0 Å². The lowest BCUT2D eigenvalue weighted by molar-refractivity contribution is -0.0498. The van der Waals surface area contributed by atoms with Crippen LogP contribution < -0.4 is 4.74 Å². The lowest BCUT2D eigenvalue weighted by Crippen LogP contribution is -2.26. The van der Waals surface area contributed by atoms with Crippen LogP contribution in [-0.4, -0.2) is 24.5 Å². The first-order chi connectivity index (χ1) is 10.9. The molecule has 0 N–H and O–H groups in total. The molecule has 0 unspecified atom stereocenters. The molecule has 23 heavy (non-hydrogen) atoms. The van der Waals surface area contributed by atoms with Gasteiger partial charge < -0.3 is 9.64 Å². The van der Waals surface area contributed by atoms with Crippen molar-refractivity contribution in [2.75, 3.05) is 7.05 Å². The molecule has 0 bridgehead atoms. The number of alkyl halides is 2. The van der Waals surface area contributed by atoms with Crippen molar-refractivity contribution in [2.45, 2.75) is 13.2 Å². The predicted molar refractivity (Wildman–Crippen MR) is 88.0 cm³/mol. The van der Waals surface area contributed by atoms with E-state index < -0.39 is 12.4 Å². The Hall–Kier alpha value is -1.77. The van der Waals surface area contributed by atoms with E-state index in [1.54, 1.807) is 19.2 Å². The van der Waals surface area contributed by atoms with E-state index >= 15 is 0 Å². The summed E-state index contributed by atoms with van der Waals surface area (Å²) >= 11 is 1.91. The van der Waals surface area contributed by atoms with Gasteiger partial charge in [-0.2, -0.15) is 8.78 Å². The highest BCUT2D eigenvalue weighted by molar-refractivity contribution is 14.1. The fourth-order valence-corrected chi connectivity index (χ4v) is 2.70. The molecule has 2 aromatic carbocycles. The average Bonchev–Trinajstić information content (AvgIpc) is 2.48. The van der Waals surface area contributed by atoms with Gasteiger partial charge in [0, 0.05) is 17.2 Å². The summed E-state index contributed by atoms with van der Waals surface area (Å²) in [5.41, 5.74) is 1.17. The van der Waals surface area contributed by atoms with Crippen molar-refractivity contribution < 1.29 is 22.7 Å². The van der Waals surface area contributed by atoms with Crippen molar-refractivity contribution >= 4 is 28.5 Å². The second-order valence-electron chi connectivity index (χ2n) is 4.81. The molecule has 0 aromatic heterocycles. The molecule has 0 aliphatic rings. The molecular formula is C16H13F3INO2. The van der Waals surface area contributed by atoms with Gasteiger partial charge in [-0.1, -0.05) is 12.1 Å². The van der Waals surface area contributed by atoms with Crippen molar-refractivity contribution in [3.8, 4) is 5.75 Å². The molecule has 0 spiro atoms. The third-order valence-corrected chi connectivity index (χ3v) is 3.97. The minimum absolute atomic E-state index is 0.0609. The van der Waals surface area contributed by atoms with E-state index in [0.717, 1.165) is 5.56 Å². The molecule has 122 valence electrons. The van der Waals surface area contributed by atoms with E-state index in [2.05, 4.69) is 4.74 Å². The van der Waals surface area contributed by atoms with Crippen LogP contribution in [0, 0.1) is 9.39 Å². The van der Waals surface area contributed by atoms with Gasteiger partial charge in [-0.25, -0.2) is 4.39 Å². The molecule has 0 saturated heterocycles. The summed E-state index contributed by atoms with van der Waals surface area (Å²) < 4.78 is 42.1. The Morgan fingerprint density at radius 1 is 1.22 bits per heavy atom. The zero-order chi connectivity index (χ0) is 17.0.